The van der Waals surface area contributed by atoms with E-state index in [0.29, 0.717) is 0 Å². The molecule has 0 saturated carbocycles. The largest absolute Gasteiger partial charge is 0.495 e. The Morgan fingerprint density at radius 3 is 2.56 bits per heavy atom. The van der Waals surface area contributed by atoms with E-state index in [1.807, 2.05) is 0 Å². The molecule has 6 nitrogen and oxygen atoms in total. The molecule has 27 heavy (non-hydrogen) atoms. The van der Waals surface area contributed by atoms with E-state index in [9.17, 15) is 26.4 Å². The molecule has 0 N–H and O–H groups in total. The molecule has 2 rings (SSSR count). The molecule has 148 valence electrons. The van der Waals surface area contributed by atoms with Crippen LogP contribution in [-0.4, -0.2) is 42.8 Å². The third kappa shape index (κ3) is 5.01. The molecule has 11 heteroatoms. The van der Waals surface area contributed by atoms with Crippen LogP contribution >= 0.6 is 11.6 Å². The maximum atomic E-state index is 12.5. The van der Waals surface area contributed by atoms with Gasteiger partial charge in [-0.15, -0.1) is 0 Å². The lowest BCUT2D eigenvalue weighted by atomic mass is 10.2. The van der Waals surface area contributed by atoms with Crippen molar-refractivity contribution in [1.82, 2.24) is 9.55 Å². The number of rotatable bonds is 7. The minimum Gasteiger partial charge on any atom is -0.495 e. The first-order valence-corrected chi connectivity index (χ1v) is 9.67. The normalized spacial score (nSPS) is 13.4. The number of nitrogens with zero attached hydrogens (tertiary/aromatic N) is 2. The fourth-order valence-corrected chi connectivity index (χ4v) is 4.21. The maximum absolute atomic E-state index is 12.5. The van der Waals surface area contributed by atoms with Crippen molar-refractivity contribution in [2.45, 2.75) is 30.5 Å². The number of carbonyl (C=O) groups is 1. The molecule has 0 aliphatic carbocycles. The van der Waals surface area contributed by atoms with E-state index in [2.05, 4.69) is 4.98 Å². The Morgan fingerprint density at radius 1 is 1.33 bits per heavy atom. The smallest absolute Gasteiger partial charge is 0.391 e. The number of hydrogen-bond donors (Lipinski definition) is 0. The molecule has 0 saturated heterocycles. The number of methoxy groups -OCH3 is 1. The minimum atomic E-state index is -4.43. The standard InChI is InChI=1S/C16H16ClF3N2O4S/c1-10(7-16(18,19)20)22-9-21-14(15(22)17)11(23)8-27(24,25)13-6-4-3-5-12(13)26-2/h3-6,9-10H,7-8H2,1-2H3. The van der Waals surface area contributed by atoms with Gasteiger partial charge in [-0.1, -0.05) is 23.7 Å². The van der Waals surface area contributed by atoms with Gasteiger partial charge in [0.15, 0.2) is 15.6 Å². The summed E-state index contributed by atoms with van der Waals surface area (Å²) in [5, 5.41) is -0.341. The van der Waals surface area contributed by atoms with Gasteiger partial charge < -0.3 is 9.30 Å². The highest BCUT2D eigenvalue weighted by atomic mass is 35.5. The zero-order chi connectivity index (χ0) is 20.4. The molecule has 2 aromatic rings. The van der Waals surface area contributed by atoms with Crippen LogP contribution in [0.3, 0.4) is 0 Å². The molecule has 1 heterocycles. The maximum Gasteiger partial charge on any atom is 0.391 e. The summed E-state index contributed by atoms with van der Waals surface area (Å²) in [5.74, 6) is -1.80. The van der Waals surface area contributed by atoms with Gasteiger partial charge in [-0.3, -0.25) is 4.79 Å². The van der Waals surface area contributed by atoms with E-state index in [1.165, 1.54) is 32.2 Å². The van der Waals surface area contributed by atoms with Crippen molar-refractivity contribution in [1.29, 1.82) is 0 Å². The van der Waals surface area contributed by atoms with Crippen molar-refractivity contribution < 1.29 is 31.1 Å². The van der Waals surface area contributed by atoms with Gasteiger partial charge in [-0.25, -0.2) is 13.4 Å². The number of alkyl halides is 3. The number of sulfone groups is 1. The van der Waals surface area contributed by atoms with Crippen LogP contribution in [0.4, 0.5) is 13.2 Å². The molecule has 0 radical (unpaired) electrons. The number of hydrogen-bond acceptors (Lipinski definition) is 5. The molecule has 1 aromatic carbocycles. The summed E-state index contributed by atoms with van der Waals surface area (Å²) in [5.41, 5.74) is -0.399. The van der Waals surface area contributed by atoms with Crippen molar-refractivity contribution in [3.8, 4) is 5.75 Å². The predicted molar refractivity (Wildman–Crippen MR) is 92.0 cm³/mol. The highest BCUT2D eigenvalue weighted by Gasteiger charge is 2.33. The minimum absolute atomic E-state index is 0.0701. The first kappa shape index (κ1) is 21.2. The van der Waals surface area contributed by atoms with E-state index in [4.69, 9.17) is 16.3 Å². The number of carbonyl (C=O) groups excluding carboxylic acids is 1. The average molecular weight is 425 g/mol. The third-order valence-corrected chi connectivity index (χ3v) is 5.75. The third-order valence-electron chi connectivity index (χ3n) is 3.72. The number of halogens is 4. The number of aromatic nitrogens is 2. The highest BCUT2D eigenvalue weighted by Crippen LogP contribution is 2.31. The average Bonchev–Trinajstić information content (AvgIpc) is 2.94. The van der Waals surface area contributed by atoms with Crippen LogP contribution in [0.5, 0.6) is 5.75 Å². The van der Waals surface area contributed by atoms with Crippen LogP contribution in [0, 0.1) is 0 Å². The quantitative estimate of drug-likeness (QED) is 0.633. The van der Waals surface area contributed by atoms with Crippen molar-refractivity contribution >= 4 is 27.2 Å². The Bertz CT molecular complexity index is 941. The second kappa shape index (κ2) is 7.89. The zero-order valence-corrected chi connectivity index (χ0v) is 15.9. The first-order chi connectivity index (χ1) is 12.5. The first-order valence-electron chi connectivity index (χ1n) is 7.64. The Morgan fingerprint density at radius 2 is 1.96 bits per heavy atom. The number of Topliss-reactive ketones (excluding diaryl/α,β-unsaturated/α-hetero) is 1. The molecular formula is C16H16ClF3N2O4S. The second-order valence-electron chi connectivity index (χ2n) is 5.79. The van der Waals surface area contributed by atoms with Crippen molar-refractivity contribution in [2.24, 2.45) is 0 Å². The van der Waals surface area contributed by atoms with Gasteiger partial charge in [-0.05, 0) is 19.1 Å². The van der Waals surface area contributed by atoms with Crippen molar-refractivity contribution in [2.75, 3.05) is 12.9 Å². The van der Waals surface area contributed by atoms with Gasteiger partial charge in [0, 0.05) is 6.04 Å². The molecule has 0 spiro atoms. The van der Waals surface area contributed by atoms with Gasteiger partial charge in [0.1, 0.15) is 27.2 Å². The zero-order valence-electron chi connectivity index (χ0n) is 14.3. The van der Waals surface area contributed by atoms with E-state index < -0.39 is 45.7 Å². The summed E-state index contributed by atoms with van der Waals surface area (Å²) >= 11 is 5.97. The number of ether oxygens (including phenoxy) is 1. The summed E-state index contributed by atoms with van der Waals surface area (Å²) < 4.78 is 68.6. The Labute approximate surface area is 158 Å². The van der Waals surface area contributed by atoms with E-state index in [1.54, 1.807) is 6.07 Å². The van der Waals surface area contributed by atoms with E-state index in [-0.39, 0.29) is 15.8 Å². The Kier molecular flexibility index (Phi) is 6.21. The van der Waals surface area contributed by atoms with Crippen molar-refractivity contribution in [3.05, 3.63) is 41.4 Å². The fraction of sp³-hybridized carbons (Fsp3) is 0.375. The van der Waals surface area contributed by atoms with Crippen LogP contribution in [0.1, 0.15) is 29.9 Å². The fourth-order valence-electron chi connectivity index (χ4n) is 2.47. The summed E-state index contributed by atoms with van der Waals surface area (Å²) in [6.45, 7) is 1.26. The van der Waals surface area contributed by atoms with Gasteiger partial charge in [0.05, 0.1) is 19.9 Å². The van der Waals surface area contributed by atoms with E-state index in [0.717, 1.165) is 10.9 Å². The van der Waals surface area contributed by atoms with Gasteiger partial charge in [0.2, 0.25) is 0 Å². The molecule has 1 unspecified atom stereocenters. The van der Waals surface area contributed by atoms with Crippen LogP contribution in [0.15, 0.2) is 35.5 Å². The summed E-state index contributed by atoms with van der Waals surface area (Å²) in [4.78, 5) is 15.9. The molecule has 0 fully saturated rings. The number of para-hydroxylation sites is 1. The van der Waals surface area contributed by atoms with Crippen molar-refractivity contribution in [3.63, 3.8) is 0 Å². The molecule has 0 bridgehead atoms. The van der Waals surface area contributed by atoms with Crippen LogP contribution in [0.25, 0.3) is 0 Å². The Balaban J connectivity index is 2.26. The van der Waals surface area contributed by atoms with Crippen LogP contribution in [0.2, 0.25) is 5.15 Å². The molecule has 1 aromatic heterocycles. The number of benzene rings is 1. The lowest BCUT2D eigenvalue weighted by Gasteiger charge is -2.16. The second-order valence-corrected chi connectivity index (χ2v) is 8.11. The van der Waals surface area contributed by atoms with Crippen LogP contribution in [-0.2, 0) is 9.84 Å². The Hall–Kier alpha value is -2.07. The molecule has 0 amide bonds. The van der Waals surface area contributed by atoms with Gasteiger partial charge >= 0.3 is 6.18 Å². The highest BCUT2D eigenvalue weighted by molar-refractivity contribution is 7.92. The summed E-state index contributed by atoms with van der Waals surface area (Å²) in [6.07, 6.45) is -4.61. The molecule has 1 atom stereocenters. The SMILES string of the molecule is COc1ccccc1S(=O)(=O)CC(=O)c1ncn(C(C)CC(F)(F)F)c1Cl. The summed E-state index contributed by atoms with van der Waals surface area (Å²) in [7, 11) is -2.78. The van der Waals surface area contributed by atoms with E-state index >= 15 is 0 Å². The van der Waals surface area contributed by atoms with Gasteiger partial charge in [0.25, 0.3) is 0 Å². The topological polar surface area (TPSA) is 78.3 Å². The lowest BCUT2D eigenvalue weighted by molar-refractivity contribution is -0.141. The summed E-state index contributed by atoms with van der Waals surface area (Å²) in [6, 6.07) is 4.66. The number of imidazole rings is 1. The molecular weight excluding hydrogens is 409 g/mol. The monoisotopic (exact) mass is 424 g/mol. The van der Waals surface area contributed by atoms with Gasteiger partial charge in [-0.2, -0.15) is 13.2 Å². The lowest BCUT2D eigenvalue weighted by Crippen LogP contribution is -2.19. The molecule has 0 aliphatic rings. The number of ketones is 1. The van der Waals surface area contributed by atoms with Crippen LogP contribution < -0.4 is 4.74 Å². The molecule has 0 aliphatic heterocycles. The predicted octanol–water partition coefficient (Wildman–Crippen LogP) is 3.72.